The van der Waals surface area contributed by atoms with Crippen LogP contribution in [0.25, 0.3) is 0 Å². The maximum absolute atomic E-state index is 3.29. The van der Waals surface area contributed by atoms with Gasteiger partial charge >= 0.3 is 0 Å². The lowest BCUT2D eigenvalue weighted by molar-refractivity contribution is 0.489. The van der Waals surface area contributed by atoms with Crippen molar-refractivity contribution in [3.8, 4) is 0 Å². The van der Waals surface area contributed by atoms with Gasteiger partial charge in [0.05, 0.1) is 0 Å². The molecule has 0 bridgehead atoms. The second-order valence-electron chi connectivity index (χ2n) is 4.33. The average molecular weight is 211 g/mol. The van der Waals surface area contributed by atoms with Gasteiger partial charge in [0.25, 0.3) is 0 Å². The molecule has 1 unspecified atom stereocenters. The van der Waals surface area contributed by atoms with Crippen molar-refractivity contribution in [3.63, 3.8) is 0 Å². The van der Waals surface area contributed by atoms with Gasteiger partial charge in [-0.15, -0.1) is 11.3 Å². The average Bonchev–Trinajstić information content (AvgIpc) is 2.50. The van der Waals surface area contributed by atoms with Gasteiger partial charge in [-0.3, -0.25) is 0 Å². The lowest BCUT2D eigenvalue weighted by atomic mass is 9.96. The van der Waals surface area contributed by atoms with E-state index in [-0.39, 0.29) is 0 Å². The zero-order valence-corrected chi connectivity index (χ0v) is 10.4. The highest BCUT2D eigenvalue weighted by atomic mass is 32.1. The van der Waals surface area contributed by atoms with Crippen LogP contribution in [0.15, 0.2) is 12.1 Å². The molecule has 0 aliphatic rings. The number of likely N-dealkylation sites (N-methyl/N-ethyl adjacent to an activating group) is 1. The number of aryl methyl sites for hydroxylation is 1. The van der Waals surface area contributed by atoms with Gasteiger partial charge in [-0.05, 0) is 38.4 Å². The molecular weight excluding hydrogens is 190 g/mol. The van der Waals surface area contributed by atoms with Crippen LogP contribution < -0.4 is 5.32 Å². The summed E-state index contributed by atoms with van der Waals surface area (Å²) in [5.41, 5.74) is 0. The largest absolute Gasteiger partial charge is 0.319 e. The van der Waals surface area contributed by atoms with Crippen LogP contribution >= 0.6 is 11.3 Å². The summed E-state index contributed by atoms with van der Waals surface area (Å²) < 4.78 is 0. The minimum Gasteiger partial charge on any atom is -0.319 e. The van der Waals surface area contributed by atoms with E-state index in [1.807, 2.05) is 18.4 Å². The van der Waals surface area contributed by atoms with E-state index in [4.69, 9.17) is 0 Å². The third kappa shape index (κ3) is 3.43. The second-order valence-corrected chi connectivity index (χ2v) is 5.65. The molecule has 1 heterocycles. The molecule has 1 N–H and O–H groups in total. The van der Waals surface area contributed by atoms with Crippen molar-refractivity contribution in [2.75, 3.05) is 13.6 Å². The molecular formula is C12H21NS. The van der Waals surface area contributed by atoms with E-state index >= 15 is 0 Å². The predicted octanol–water partition coefficient (Wildman–Crippen LogP) is 3.41. The molecule has 0 saturated carbocycles. The summed E-state index contributed by atoms with van der Waals surface area (Å²) >= 11 is 1.94. The first kappa shape index (κ1) is 11.7. The van der Waals surface area contributed by atoms with Crippen molar-refractivity contribution in [3.05, 3.63) is 21.9 Å². The van der Waals surface area contributed by atoms with Crippen molar-refractivity contribution >= 4 is 11.3 Å². The first-order valence-corrected chi connectivity index (χ1v) is 6.16. The number of thiophene rings is 1. The third-order valence-electron chi connectivity index (χ3n) is 2.37. The third-order valence-corrected chi connectivity index (χ3v) is 3.53. The van der Waals surface area contributed by atoms with Gasteiger partial charge in [0.1, 0.15) is 0 Å². The highest BCUT2D eigenvalue weighted by molar-refractivity contribution is 7.12. The Hall–Kier alpha value is -0.340. The lowest BCUT2D eigenvalue weighted by Crippen LogP contribution is -2.17. The van der Waals surface area contributed by atoms with E-state index in [1.54, 1.807) is 0 Å². The maximum Gasteiger partial charge on any atom is 0.00917 e. The fourth-order valence-corrected chi connectivity index (χ4v) is 2.78. The van der Waals surface area contributed by atoms with Crippen LogP contribution in [0.1, 0.15) is 35.9 Å². The number of rotatable bonds is 5. The minimum atomic E-state index is 0.693. The summed E-state index contributed by atoms with van der Waals surface area (Å²) in [5.74, 6) is 1.47. The molecule has 0 spiro atoms. The Morgan fingerprint density at radius 2 is 2.07 bits per heavy atom. The monoisotopic (exact) mass is 211 g/mol. The zero-order valence-electron chi connectivity index (χ0n) is 9.63. The highest BCUT2D eigenvalue weighted by Crippen LogP contribution is 2.28. The SMILES string of the molecule is CNCC(CC(C)C)c1ccc(C)s1. The molecule has 0 aromatic carbocycles. The standard InChI is InChI=1S/C12H21NS/c1-9(2)7-11(8-13-4)12-6-5-10(3)14-12/h5-6,9,11,13H,7-8H2,1-4H3. The molecule has 80 valence electrons. The molecule has 2 heteroatoms. The van der Waals surface area contributed by atoms with E-state index in [0.717, 1.165) is 12.5 Å². The zero-order chi connectivity index (χ0) is 10.6. The second kappa shape index (κ2) is 5.52. The molecule has 1 aromatic rings. The van der Waals surface area contributed by atoms with Gasteiger partial charge in [0.15, 0.2) is 0 Å². The van der Waals surface area contributed by atoms with Crippen molar-refractivity contribution in [2.24, 2.45) is 5.92 Å². The van der Waals surface area contributed by atoms with Gasteiger partial charge in [-0.1, -0.05) is 13.8 Å². The quantitative estimate of drug-likeness (QED) is 0.787. The van der Waals surface area contributed by atoms with E-state index in [9.17, 15) is 0 Å². The molecule has 0 amide bonds. The Bertz CT molecular complexity index is 265. The molecule has 14 heavy (non-hydrogen) atoms. The van der Waals surface area contributed by atoms with E-state index in [0.29, 0.717) is 5.92 Å². The van der Waals surface area contributed by atoms with E-state index in [1.165, 1.54) is 16.2 Å². The molecule has 1 rings (SSSR count). The molecule has 0 saturated heterocycles. The van der Waals surface area contributed by atoms with Crippen molar-refractivity contribution < 1.29 is 0 Å². The number of nitrogens with one attached hydrogen (secondary N) is 1. The molecule has 0 aliphatic heterocycles. The van der Waals surface area contributed by atoms with Gasteiger partial charge < -0.3 is 5.32 Å². The van der Waals surface area contributed by atoms with Crippen LogP contribution in [0, 0.1) is 12.8 Å². The summed E-state index contributed by atoms with van der Waals surface area (Å²) in [5, 5.41) is 3.29. The Labute approximate surface area is 91.5 Å². The number of hydrogen-bond acceptors (Lipinski definition) is 2. The molecule has 0 aliphatic carbocycles. The summed E-state index contributed by atoms with van der Waals surface area (Å²) in [6, 6.07) is 4.51. The van der Waals surface area contributed by atoms with Gasteiger partial charge in [-0.2, -0.15) is 0 Å². The molecule has 1 aromatic heterocycles. The van der Waals surface area contributed by atoms with Crippen LogP contribution in [-0.4, -0.2) is 13.6 Å². The van der Waals surface area contributed by atoms with Crippen LogP contribution in [-0.2, 0) is 0 Å². The van der Waals surface area contributed by atoms with E-state index in [2.05, 4.69) is 38.2 Å². The van der Waals surface area contributed by atoms with Crippen LogP contribution in [0.3, 0.4) is 0 Å². The Kier molecular flexibility index (Phi) is 4.63. The Morgan fingerprint density at radius 3 is 2.50 bits per heavy atom. The minimum absolute atomic E-state index is 0.693. The fourth-order valence-electron chi connectivity index (χ4n) is 1.79. The van der Waals surface area contributed by atoms with Crippen LogP contribution in [0.4, 0.5) is 0 Å². The molecule has 1 nitrogen and oxygen atoms in total. The van der Waals surface area contributed by atoms with Gasteiger partial charge in [-0.25, -0.2) is 0 Å². The first-order chi connectivity index (χ1) is 6.63. The lowest BCUT2D eigenvalue weighted by Gasteiger charge is -2.17. The van der Waals surface area contributed by atoms with Gasteiger partial charge in [0, 0.05) is 22.2 Å². The first-order valence-electron chi connectivity index (χ1n) is 5.34. The summed E-state index contributed by atoms with van der Waals surface area (Å²) in [7, 11) is 2.04. The number of hydrogen-bond donors (Lipinski definition) is 1. The predicted molar refractivity (Wildman–Crippen MR) is 65.2 cm³/mol. The summed E-state index contributed by atoms with van der Waals surface area (Å²) in [6.07, 6.45) is 1.28. The normalized spacial score (nSPS) is 13.5. The van der Waals surface area contributed by atoms with Crippen LogP contribution in [0.5, 0.6) is 0 Å². The molecule has 1 atom stereocenters. The summed E-state index contributed by atoms with van der Waals surface area (Å²) in [4.78, 5) is 2.95. The fraction of sp³-hybridized carbons (Fsp3) is 0.667. The van der Waals surface area contributed by atoms with Gasteiger partial charge in [0.2, 0.25) is 0 Å². The highest BCUT2D eigenvalue weighted by Gasteiger charge is 2.13. The van der Waals surface area contributed by atoms with Crippen molar-refractivity contribution in [1.82, 2.24) is 5.32 Å². The van der Waals surface area contributed by atoms with E-state index < -0.39 is 0 Å². The molecule has 0 fully saturated rings. The summed E-state index contributed by atoms with van der Waals surface area (Å²) in [6.45, 7) is 7.87. The van der Waals surface area contributed by atoms with Crippen molar-refractivity contribution in [2.45, 2.75) is 33.1 Å². The Morgan fingerprint density at radius 1 is 1.36 bits per heavy atom. The topological polar surface area (TPSA) is 12.0 Å². The maximum atomic E-state index is 3.29. The molecule has 0 radical (unpaired) electrons. The van der Waals surface area contributed by atoms with Crippen LogP contribution in [0.2, 0.25) is 0 Å². The van der Waals surface area contributed by atoms with Crippen molar-refractivity contribution in [1.29, 1.82) is 0 Å². The smallest absolute Gasteiger partial charge is 0.00917 e. The Balaban J connectivity index is 2.66.